The van der Waals surface area contributed by atoms with Crippen molar-refractivity contribution in [2.45, 2.75) is 20.8 Å². The Balaban J connectivity index is 0.000000771. The zero-order valence-corrected chi connectivity index (χ0v) is 12.5. The van der Waals surface area contributed by atoms with Crippen LogP contribution < -0.4 is 0 Å². The van der Waals surface area contributed by atoms with Crippen molar-refractivity contribution < 1.29 is 9.53 Å². The van der Waals surface area contributed by atoms with Gasteiger partial charge < -0.3 is 4.74 Å². The topological polar surface area (TPSA) is 39.2 Å². The molecule has 1 aromatic carbocycles. The Hall–Kier alpha value is -1.42. The normalized spacial score (nSPS) is 9.61. The average molecular weight is 310 g/mol. The van der Waals surface area contributed by atoms with Crippen LogP contribution in [0.1, 0.15) is 29.8 Å². The summed E-state index contributed by atoms with van der Waals surface area (Å²) >= 11 is 3.36. The summed E-state index contributed by atoms with van der Waals surface area (Å²) in [5.41, 5.74) is 2.41. The molecule has 0 aliphatic rings. The van der Waals surface area contributed by atoms with Gasteiger partial charge in [-0.15, -0.1) is 0 Å². The van der Waals surface area contributed by atoms with Gasteiger partial charge in [0.05, 0.1) is 18.2 Å². The van der Waals surface area contributed by atoms with Crippen LogP contribution >= 0.6 is 15.9 Å². The molecule has 96 valence electrons. The molecule has 0 saturated carbocycles. The number of esters is 1. The predicted molar refractivity (Wildman–Crippen MR) is 76.9 cm³/mol. The highest BCUT2D eigenvalue weighted by atomic mass is 79.9. The second-order valence-corrected chi connectivity index (χ2v) is 4.43. The average Bonchev–Trinajstić information content (AvgIpc) is 2.39. The fraction of sp³-hybridized carbons (Fsp3) is 0.286. The lowest BCUT2D eigenvalue weighted by Crippen LogP contribution is -2.01. The van der Waals surface area contributed by atoms with Crippen molar-refractivity contribution in [3.8, 4) is 0 Å². The van der Waals surface area contributed by atoms with E-state index in [1.165, 1.54) is 7.11 Å². The minimum Gasteiger partial charge on any atom is -0.465 e. The highest BCUT2D eigenvalue weighted by Gasteiger charge is 2.09. The Bertz CT molecular complexity index is 567. The van der Waals surface area contributed by atoms with Gasteiger partial charge in [-0.2, -0.15) is 0 Å². The maximum absolute atomic E-state index is 11.4. The van der Waals surface area contributed by atoms with Crippen molar-refractivity contribution in [2.75, 3.05) is 7.11 Å². The molecule has 2 aromatic rings. The van der Waals surface area contributed by atoms with Gasteiger partial charge in [-0.3, -0.25) is 4.98 Å². The monoisotopic (exact) mass is 309 g/mol. The van der Waals surface area contributed by atoms with E-state index < -0.39 is 0 Å². The molecule has 0 fully saturated rings. The molecular weight excluding hydrogens is 294 g/mol. The van der Waals surface area contributed by atoms with Crippen LogP contribution in [0.5, 0.6) is 0 Å². The van der Waals surface area contributed by atoms with Crippen LogP contribution in [0.15, 0.2) is 28.9 Å². The molecule has 0 radical (unpaired) electrons. The van der Waals surface area contributed by atoms with Crippen molar-refractivity contribution in [3.63, 3.8) is 0 Å². The van der Waals surface area contributed by atoms with E-state index in [0.29, 0.717) is 5.56 Å². The molecule has 0 spiro atoms. The van der Waals surface area contributed by atoms with Crippen molar-refractivity contribution in [1.29, 1.82) is 0 Å². The Morgan fingerprint density at radius 2 is 1.94 bits per heavy atom. The number of benzene rings is 1. The number of pyridine rings is 1. The van der Waals surface area contributed by atoms with Crippen LogP contribution in [0, 0.1) is 6.92 Å². The fourth-order valence-electron chi connectivity index (χ4n) is 1.64. The number of aromatic nitrogens is 1. The third kappa shape index (κ3) is 3.07. The third-order valence-electron chi connectivity index (χ3n) is 2.36. The molecule has 0 aliphatic carbocycles. The van der Waals surface area contributed by atoms with Gasteiger partial charge in [-0.1, -0.05) is 13.8 Å². The first-order valence-electron chi connectivity index (χ1n) is 5.76. The smallest absolute Gasteiger partial charge is 0.337 e. The summed E-state index contributed by atoms with van der Waals surface area (Å²) in [7, 11) is 1.38. The molecule has 0 saturated heterocycles. The Labute approximate surface area is 115 Å². The third-order valence-corrected chi connectivity index (χ3v) is 2.80. The van der Waals surface area contributed by atoms with Crippen LogP contribution in [0.2, 0.25) is 0 Å². The molecule has 0 atom stereocenters. The second kappa shape index (κ2) is 6.50. The molecule has 1 aromatic heterocycles. The number of hydrogen-bond donors (Lipinski definition) is 0. The van der Waals surface area contributed by atoms with Crippen molar-refractivity contribution in [1.82, 2.24) is 4.98 Å². The lowest BCUT2D eigenvalue weighted by Gasteiger charge is -2.05. The molecule has 0 aliphatic heterocycles. The largest absolute Gasteiger partial charge is 0.465 e. The minimum absolute atomic E-state index is 0.329. The highest BCUT2D eigenvalue weighted by Crippen LogP contribution is 2.22. The highest BCUT2D eigenvalue weighted by molar-refractivity contribution is 9.10. The van der Waals surface area contributed by atoms with Gasteiger partial charge in [0.2, 0.25) is 0 Å². The minimum atomic E-state index is -0.329. The predicted octanol–water partition coefficient (Wildman–Crippen LogP) is 4.12. The molecule has 18 heavy (non-hydrogen) atoms. The lowest BCUT2D eigenvalue weighted by molar-refractivity contribution is 0.0601. The molecule has 0 bridgehead atoms. The first-order chi connectivity index (χ1) is 8.61. The Kier molecular flexibility index (Phi) is 5.28. The van der Waals surface area contributed by atoms with Crippen LogP contribution in [-0.4, -0.2) is 18.1 Å². The molecule has 0 amide bonds. The van der Waals surface area contributed by atoms with E-state index in [1.807, 2.05) is 26.8 Å². The first-order valence-corrected chi connectivity index (χ1v) is 6.55. The fourth-order valence-corrected chi connectivity index (χ4v) is 1.99. The number of rotatable bonds is 1. The number of nitrogens with zero attached hydrogens (tertiary/aromatic N) is 1. The van der Waals surface area contributed by atoms with Gasteiger partial charge in [0, 0.05) is 16.1 Å². The summed E-state index contributed by atoms with van der Waals surface area (Å²) in [6.07, 6.45) is 1.74. The van der Waals surface area contributed by atoms with E-state index in [9.17, 15) is 4.79 Å². The van der Waals surface area contributed by atoms with E-state index in [0.717, 1.165) is 20.9 Å². The summed E-state index contributed by atoms with van der Waals surface area (Å²) in [6, 6.07) is 5.50. The number of methoxy groups -OCH3 is 1. The maximum atomic E-state index is 11.4. The second-order valence-electron chi connectivity index (χ2n) is 3.51. The van der Waals surface area contributed by atoms with Gasteiger partial charge in [0.15, 0.2) is 0 Å². The van der Waals surface area contributed by atoms with Crippen molar-refractivity contribution in [2.24, 2.45) is 0 Å². The Morgan fingerprint density at radius 1 is 1.28 bits per heavy atom. The zero-order valence-electron chi connectivity index (χ0n) is 11.0. The van der Waals surface area contributed by atoms with Gasteiger partial charge >= 0.3 is 5.97 Å². The van der Waals surface area contributed by atoms with Crippen LogP contribution in [0.25, 0.3) is 10.9 Å². The quantitative estimate of drug-likeness (QED) is 0.744. The van der Waals surface area contributed by atoms with Gasteiger partial charge in [0.25, 0.3) is 0 Å². The van der Waals surface area contributed by atoms with Crippen LogP contribution in [0.3, 0.4) is 0 Å². The molecule has 4 heteroatoms. The summed E-state index contributed by atoms with van der Waals surface area (Å²) in [4.78, 5) is 15.7. The molecule has 2 rings (SSSR count). The van der Waals surface area contributed by atoms with E-state index in [4.69, 9.17) is 4.74 Å². The number of aryl methyl sites for hydroxylation is 1. The molecule has 3 nitrogen and oxygen atoms in total. The number of fused-ring (bicyclic) bond motifs is 1. The molecule has 1 heterocycles. The lowest BCUT2D eigenvalue weighted by atomic mass is 10.1. The van der Waals surface area contributed by atoms with Crippen molar-refractivity contribution >= 4 is 32.8 Å². The van der Waals surface area contributed by atoms with E-state index >= 15 is 0 Å². The summed E-state index contributed by atoms with van der Waals surface area (Å²) in [6.45, 7) is 5.93. The molecule has 0 unspecified atom stereocenters. The number of ether oxygens (including phenoxy) is 1. The van der Waals surface area contributed by atoms with Gasteiger partial charge in [0.1, 0.15) is 0 Å². The SMILES string of the molecule is CC.COC(=O)c1cc(C)c2ncc(Br)cc2c1. The first kappa shape index (κ1) is 14.6. The summed E-state index contributed by atoms with van der Waals surface area (Å²) in [5, 5.41) is 0.926. The number of halogens is 1. The van der Waals surface area contributed by atoms with E-state index in [2.05, 4.69) is 20.9 Å². The van der Waals surface area contributed by atoms with E-state index in [1.54, 1.807) is 18.3 Å². The van der Waals surface area contributed by atoms with Gasteiger partial charge in [-0.25, -0.2) is 4.79 Å². The summed E-state index contributed by atoms with van der Waals surface area (Å²) in [5.74, 6) is -0.329. The standard InChI is InChI=1S/C12H10BrNO2.C2H6/c1-7-3-9(12(15)16-2)4-8-5-10(13)6-14-11(7)8;1-2/h3-6H,1-2H3;1-2H3. The molecule has 0 N–H and O–H groups in total. The van der Waals surface area contributed by atoms with Crippen LogP contribution in [0.4, 0.5) is 0 Å². The van der Waals surface area contributed by atoms with E-state index in [-0.39, 0.29) is 5.97 Å². The van der Waals surface area contributed by atoms with Crippen molar-refractivity contribution in [3.05, 3.63) is 40.0 Å². The summed E-state index contributed by atoms with van der Waals surface area (Å²) < 4.78 is 5.59. The number of carbonyl (C=O) groups excluding carboxylic acids is 1. The number of carbonyl (C=O) groups is 1. The number of hydrogen-bond acceptors (Lipinski definition) is 3. The van der Waals surface area contributed by atoms with Gasteiger partial charge in [-0.05, 0) is 46.6 Å². The van der Waals surface area contributed by atoms with Crippen LogP contribution in [-0.2, 0) is 4.74 Å². The molecular formula is C14H16BrNO2. The zero-order chi connectivity index (χ0) is 13.7. The maximum Gasteiger partial charge on any atom is 0.337 e. The Morgan fingerprint density at radius 3 is 2.56 bits per heavy atom.